The number of hydrogen-bond acceptors (Lipinski definition) is 1. The highest BCUT2D eigenvalue weighted by molar-refractivity contribution is 9.10. The Balaban J connectivity index is 2.25. The third-order valence-corrected chi connectivity index (χ3v) is 3.57. The first kappa shape index (κ1) is 14.4. The van der Waals surface area contributed by atoms with Crippen molar-refractivity contribution < 1.29 is 8.78 Å². The van der Waals surface area contributed by atoms with Gasteiger partial charge in [0.05, 0.1) is 0 Å². The molecule has 19 heavy (non-hydrogen) atoms. The topological polar surface area (TPSA) is 26.0 Å². The van der Waals surface area contributed by atoms with E-state index in [0.29, 0.717) is 17.0 Å². The minimum atomic E-state index is -0.609. The van der Waals surface area contributed by atoms with Crippen LogP contribution >= 0.6 is 27.5 Å². The van der Waals surface area contributed by atoms with Gasteiger partial charge in [0, 0.05) is 21.6 Å². The van der Waals surface area contributed by atoms with Gasteiger partial charge < -0.3 is 5.73 Å². The van der Waals surface area contributed by atoms with Gasteiger partial charge in [0.1, 0.15) is 11.6 Å². The molecule has 0 radical (unpaired) electrons. The Morgan fingerprint density at radius 2 is 1.74 bits per heavy atom. The molecule has 1 atom stereocenters. The fourth-order valence-electron chi connectivity index (χ4n) is 1.89. The summed E-state index contributed by atoms with van der Waals surface area (Å²) in [5.74, 6) is -1.22. The molecule has 0 heterocycles. The van der Waals surface area contributed by atoms with Gasteiger partial charge in [0.2, 0.25) is 0 Å². The second-order valence-corrected chi connectivity index (χ2v) is 5.58. The van der Waals surface area contributed by atoms with Crippen LogP contribution in [-0.4, -0.2) is 0 Å². The fraction of sp³-hybridized carbons (Fsp3) is 0.143. The number of benzene rings is 2. The maximum atomic E-state index is 13.1. The zero-order valence-electron chi connectivity index (χ0n) is 9.84. The molecule has 0 saturated heterocycles. The average Bonchev–Trinajstić information content (AvgIpc) is 2.30. The van der Waals surface area contributed by atoms with Crippen LogP contribution in [0.15, 0.2) is 40.9 Å². The maximum absolute atomic E-state index is 13.1. The Bertz CT molecular complexity index is 584. The van der Waals surface area contributed by atoms with Gasteiger partial charge >= 0.3 is 0 Å². The molecule has 0 aliphatic rings. The molecule has 0 saturated carbocycles. The molecular formula is C14H11BrClF2N. The number of hydrogen-bond donors (Lipinski definition) is 1. The molecule has 5 heteroatoms. The summed E-state index contributed by atoms with van der Waals surface area (Å²) in [6.45, 7) is 0. The minimum absolute atomic E-state index is 0.310. The van der Waals surface area contributed by atoms with Gasteiger partial charge in [-0.2, -0.15) is 0 Å². The van der Waals surface area contributed by atoms with Gasteiger partial charge in [-0.15, -0.1) is 0 Å². The van der Waals surface area contributed by atoms with E-state index < -0.39 is 17.7 Å². The Morgan fingerprint density at radius 1 is 1.11 bits per heavy atom. The van der Waals surface area contributed by atoms with Crippen LogP contribution in [0, 0.1) is 11.6 Å². The van der Waals surface area contributed by atoms with Crippen LogP contribution in [-0.2, 0) is 6.42 Å². The third-order valence-electron chi connectivity index (χ3n) is 2.74. The highest BCUT2D eigenvalue weighted by atomic mass is 79.9. The van der Waals surface area contributed by atoms with Crippen molar-refractivity contribution in [2.24, 2.45) is 5.73 Å². The van der Waals surface area contributed by atoms with Crippen molar-refractivity contribution in [1.82, 2.24) is 0 Å². The van der Waals surface area contributed by atoms with Crippen LogP contribution in [0.4, 0.5) is 8.78 Å². The second-order valence-electron chi connectivity index (χ2n) is 4.25. The summed E-state index contributed by atoms with van der Waals surface area (Å²) in [5, 5.41) is 0.535. The van der Waals surface area contributed by atoms with Crippen molar-refractivity contribution in [1.29, 1.82) is 0 Å². The van der Waals surface area contributed by atoms with Crippen LogP contribution in [0.25, 0.3) is 0 Å². The summed E-state index contributed by atoms with van der Waals surface area (Å²) < 4.78 is 27.1. The monoisotopic (exact) mass is 345 g/mol. The summed E-state index contributed by atoms with van der Waals surface area (Å²) in [6, 6.07) is 8.30. The third kappa shape index (κ3) is 3.75. The van der Waals surface area contributed by atoms with Crippen molar-refractivity contribution in [2.75, 3.05) is 0 Å². The standard InChI is InChI=1S/C14H11BrClF2N/c15-9-1-2-13(16)12(6-9)14(19)5-8-3-10(17)7-11(18)4-8/h1-4,6-7,14H,5,19H2. The van der Waals surface area contributed by atoms with E-state index >= 15 is 0 Å². The Morgan fingerprint density at radius 3 is 2.37 bits per heavy atom. The predicted molar refractivity (Wildman–Crippen MR) is 76.1 cm³/mol. The SMILES string of the molecule is NC(Cc1cc(F)cc(F)c1)c1cc(Br)ccc1Cl. The summed E-state index contributed by atoms with van der Waals surface area (Å²) in [7, 11) is 0. The van der Waals surface area contributed by atoms with E-state index in [2.05, 4.69) is 15.9 Å². The van der Waals surface area contributed by atoms with Crippen LogP contribution in [0.3, 0.4) is 0 Å². The Kier molecular flexibility index (Phi) is 4.55. The van der Waals surface area contributed by atoms with Crippen LogP contribution in [0.1, 0.15) is 17.2 Å². The lowest BCUT2D eigenvalue weighted by Gasteiger charge is -2.14. The first-order chi connectivity index (χ1) is 8.95. The van der Waals surface area contributed by atoms with E-state index in [4.69, 9.17) is 17.3 Å². The first-order valence-electron chi connectivity index (χ1n) is 5.61. The largest absolute Gasteiger partial charge is 0.324 e. The van der Waals surface area contributed by atoms with E-state index in [1.165, 1.54) is 12.1 Å². The molecule has 0 aliphatic carbocycles. The molecule has 2 aromatic carbocycles. The average molecular weight is 347 g/mol. The van der Waals surface area contributed by atoms with E-state index in [-0.39, 0.29) is 0 Å². The second kappa shape index (κ2) is 5.99. The van der Waals surface area contributed by atoms with Gasteiger partial charge in [-0.1, -0.05) is 27.5 Å². The van der Waals surface area contributed by atoms with E-state index in [1.807, 2.05) is 6.07 Å². The summed E-state index contributed by atoms with van der Waals surface area (Å²) in [6.07, 6.45) is 0.310. The van der Waals surface area contributed by atoms with Gasteiger partial charge in [-0.05, 0) is 47.9 Å². The number of nitrogens with two attached hydrogens (primary N) is 1. The first-order valence-corrected chi connectivity index (χ1v) is 6.78. The number of rotatable bonds is 3. The van der Waals surface area contributed by atoms with Crippen LogP contribution < -0.4 is 5.73 Å². The molecular weight excluding hydrogens is 336 g/mol. The summed E-state index contributed by atoms with van der Waals surface area (Å²) in [4.78, 5) is 0. The molecule has 100 valence electrons. The molecule has 0 amide bonds. The molecule has 2 N–H and O–H groups in total. The van der Waals surface area contributed by atoms with Crippen LogP contribution in [0.5, 0.6) is 0 Å². The van der Waals surface area contributed by atoms with Crippen molar-refractivity contribution in [2.45, 2.75) is 12.5 Å². The van der Waals surface area contributed by atoms with Gasteiger partial charge in [-0.3, -0.25) is 0 Å². The minimum Gasteiger partial charge on any atom is -0.324 e. The lowest BCUT2D eigenvalue weighted by atomic mass is 9.99. The van der Waals surface area contributed by atoms with Gasteiger partial charge in [0.15, 0.2) is 0 Å². The lowest BCUT2D eigenvalue weighted by molar-refractivity contribution is 0.576. The zero-order valence-corrected chi connectivity index (χ0v) is 12.2. The van der Waals surface area contributed by atoms with E-state index in [9.17, 15) is 8.78 Å². The number of halogens is 4. The maximum Gasteiger partial charge on any atom is 0.126 e. The molecule has 1 nitrogen and oxygen atoms in total. The normalized spacial score (nSPS) is 12.5. The molecule has 2 aromatic rings. The smallest absolute Gasteiger partial charge is 0.126 e. The molecule has 1 unspecified atom stereocenters. The summed E-state index contributed by atoms with van der Waals surface area (Å²) >= 11 is 9.41. The van der Waals surface area contributed by atoms with E-state index in [1.54, 1.807) is 12.1 Å². The Labute approximate surface area is 123 Å². The van der Waals surface area contributed by atoms with Crippen molar-refractivity contribution >= 4 is 27.5 Å². The van der Waals surface area contributed by atoms with Gasteiger partial charge in [-0.25, -0.2) is 8.78 Å². The van der Waals surface area contributed by atoms with Crippen LogP contribution in [0.2, 0.25) is 5.02 Å². The molecule has 0 spiro atoms. The molecule has 2 rings (SSSR count). The highest BCUT2D eigenvalue weighted by Gasteiger charge is 2.12. The molecule has 0 fully saturated rings. The van der Waals surface area contributed by atoms with Crippen molar-refractivity contribution in [3.63, 3.8) is 0 Å². The molecule has 0 aromatic heterocycles. The molecule has 0 aliphatic heterocycles. The molecule has 0 bridgehead atoms. The van der Waals surface area contributed by atoms with Crippen molar-refractivity contribution in [3.8, 4) is 0 Å². The zero-order chi connectivity index (χ0) is 14.0. The highest BCUT2D eigenvalue weighted by Crippen LogP contribution is 2.27. The van der Waals surface area contributed by atoms with Crippen molar-refractivity contribution in [3.05, 3.63) is 68.7 Å². The summed E-state index contributed by atoms with van der Waals surface area (Å²) in [5.41, 5.74) is 7.28. The van der Waals surface area contributed by atoms with E-state index in [0.717, 1.165) is 16.1 Å². The lowest BCUT2D eigenvalue weighted by Crippen LogP contribution is -2.14. The fourth-order valence-corrected chi connectivity index (χ4v) is 2.53. The van der Waals surface area contributed by atoms with Gasteiger partial charge in [0.25, 0.3) is 0 Å². The quantitative estimate of drug-likeness (QED) is 0.862. The Hall–Kier alpha value is -0.970. The predicted octanol–water partition coefficient (Wildman–Crippen LogP) is 4.62.